The van der Waals surface area contributed by atoms with Crippen molar-refractivity contribution in [2.45, 2.75) is 70.4 Å². The van der Waals surface area contributed by atoms with Gasteiger partial charge in [0.1, 0.15) is 5.60 Å². The van der Waals surface area contributed by atoms with Crippen LogP contribution in [0.4, 0.5) is 0 Å². The summed E-state index contributed by atoms with van der Waals surface area (Å²) in [6, 6.07) is 10.4. The van der Waals surface area contributed by atoms with E-state index in [0.29, 0.717) is 12.5 Å². The van der Waals surface area contributed by atoms with Crippen molar-refractivity contribution < 1.29 is 9.16 Å². The van der Waals surface area contributed by atoms with Crippen molar-refractivity contribution in [1.29, 1.82) is 0 Å². The van der Waals surface area contributed by atoms with Gasteiger partial charge in [-0.05, 0) is 48.9 Å². The summed E-state index contributed by atoms with van der Waals surface area (Å²) < 4.78 is 12.7. The molecular formula is C23H36O2Si. The summed E-state index contributed by atoms with van der Waals surface area (Å²) in [5, 5.41) is 0.269. The van der Waals surface area contributed by atoms with E-state index in [9.17, 15) is 0 Å². The third-order valence-corrected chi connectivity index (χ3v) is 10.6. The number of allylic oxidation sites excluding steroid dienone is 1. The first-order valence-corrected chi connectivity index (χ1v) is 12.7. The van der Waals surface area contributed by atoms with E-state index in [4.69, 9.17) is 9.16 Å². The number of hydrogen-bond acceptors (Lipinski definition) is 2. The van der Waals surface area contributed by atoms with E-state index in [1.165, 1.54) is 5.56 Å². The van der Waals surface area contributed by atoms with Gasteiger partial charge in [0, 0.05) is 6.61 Å². The maximum Gasteiger partial charge on any atom is 0.191 e. The molecule has 1 aliphatic carbocycles. The molecule has 0 aliphatic heterocycles. The molecule has 1 aromatic carbocycles. The maximum atomic E-state index is 6.35. The molecule has 3 heteroatoms. The second-order valence-corrected chi connectivity index (χ2v) is 13.7. The van der Waals surface area contributed by atoms with E-state index in [1.807, 2.05) is 12.1 Å². The zero-order valence-electron chi connectivity index (χ0n) is 17.3. The van der Waals surface area contributed by atoms with Crippen LogP contribution in [0.5, 0.6) is 0 Å². The van der Waals surface area contributed by atoms with Crippen LogP contribution in [-0.2, 0) is 15.8 Å². The molecule has 0 aromatic heterocycles. The Kier molecular flexibility index (Phi) is 7.06. The van der Waals surface area contributed by atoms with Gasteiger partial charge in [-0.1, -0.05) is 75.9 Å². The van der Waals surface area contributed by atoms with E-state index < -0.39 is 8.32 Å². The predicted molar refractivity (Wildman–Crippen MR) is 114 cm³/mol. The van der Waals surface area contributed by atoms with Crippen LogP contribution in [0.25, 0.3) is 0 Å². The molecule has 2 rings (SSSR count). The third-order valence-electron chi connectivity index (χ3n) is 6.05. The molecule has 1 aliphatic rings. The Morgan fingerprint density at radius 2 is 1.92 bits per heavy atom. The van der Waals surface area contributed by atoms with Gasteiger partial charge in [-0.25, -0.2) is 0 Å². The molecule has 1 aromatic rings. The molecule has 0 amide bonds. The maximum absolute atomic E-state index is 6.35. The van der Waals surface area contributed by atoms with Gasteiger partial charge in [0.15, 0.2) is 8.32 Å². The topological polar surface area (TPSA) is 18.5 Å². The lowest BCUT2D eigenvalue weighted by Crippen LogP contribution is -2.41. The number of ether oxygens (including phenoxy) is 1. The SMILES string of the molecule is C=C[C@]1(OCc2ccccc2)C=CC[C@@H]1CCCO[Si](C)(C)C(C)(C)C. The van der Waals surface area contributed by atoms with Crippen LogP contribution in [0.1, 0.15) is 45.6 Å². The van der Waals surface area contributed by atoms with Crippen molar-refractivity contribution in [1.82, 2.24) is 0 Å². The lowest BCUT2D eigenvalue weighted by molar-refractivity contribution is -0.0221. The fraction of sp³-hybridized carbons (Fsp3) is 0.565. The second kappa shape index (κ2) is 8.68. The van der Waals surface area contributed by atoms with Crippen molar-refractivity contribution in [3.05, 3.63) is 60.7 Å². The fourth-order valence-electron chi connectivity index (χ4n) is 3.20. The lowest BCUT2D eigenvalue weighted by atomic mass is 9.86. The first-order valence-electron chi connectivity index (χ1n) is 9.83. The van der Waals surface area contributed by atoms with E-state index in [1.54, 1.807) is 0 Å². The summed E-state index contributed by atoms with van der Waals surface area (Å²) in [6.45, 7) is 17.1. The third kappa shape index (κ3) is 5.18. The van der Waals surface area contributed by atoms with Crippen molar-refractivity contribution in [3.63, 3.8) is 0 Å². The van der Waals surface area contributed by atoms with Crippen molar-refractivity contribution in [3.8, 4) is 0 Å². The Morgan fingerprint density at radius 1 is 1.23 bits per heavy atom. The summed E-state index contributed by atoms with van der Waals surface area (Å²) in [6.07, 6.45) is 9.65. The minimum atomic E-state index is -1.65. The monoisotopic (exact) mass is 372 g/mol. The molecule has 2 nitrogen and oxygen atoms in total. The molecule has 2 atom stereocenters. The first-order chi connectivity index (χ1) is 12.2. The summed E-state index contributed by atoms with van der Waals surface area (Å²) in [7, 11) is -1.65. The van der Waals surface area contributed by atoms with E-state index in [2.05, 4.69) is 76.9 Å². The van der Waals surface area contributed by atoms with Crippen LogP contribution in [0.2, 0.25) is 18.1 Å². The Balaban J connectivity index is 1.87. The average molecular weight is 373 g/mol. The smallest absolute Gasteiger partial charge is 0.191 e. The Hall–Kier alpha value is -1.16. The van der Waals surface area contributed by atoms with Crippen molar-refractivity contribution >= 4 is 8.32 Å². The van der Waals surface area contributed by atoms with Crippen LogP contribution in [-0.4, -0.2) is 20.5 Å². The molecule has 0 unspecified atom stereocenters. The Bertz CT molecular complexity index is 600. The van der Waals surface area contributed by atoms with Gasteiger partial charge in [-0.3, -0.25) is 0 Å². The highest BCUT2D eigenvalue weighted by Crippen LogP contribution is 2.39. The van der Waals surface area contributed by atoms with Gasteiger partial charge >= 0.3 is 0 Å². The average Bonchev–Trinajstić information content (AvgIpc) is 3.00. The molecule has 0 heterocycles. The van der Waals surface area contributed by atoms with E-state index >= 15 is 0 Å². The highest BCUT2D eigenvalue weighted by molar-refractivity contribution is 6.74. The molecule has 0 saturated carbocycles. The van der Waals surface area contributed by atoms with Crippen LogP contribution >= 0.6 is 0 Å². The van der Waals surface area contributed by atoms with Crippen molar-refractivity contribution in [2.75, 3.05) is 6.61 Å². The number of rotatable bonds is 9. The molecule has 0 spiro atoms. The van der Waals surface area contributed by atoms with Gasteiger partial charge in [-0.2, -0.15) is 0 Å². The van der Waals surface area contributed by atoms with Crippen LogP contribution in [0.15, 0.2) is 55.1 Å². The van der Waals surface area contributed by atoms with E-state index in [0.717, 1.165) is 25.9 Å². The molecular weight excluding hydrogens is 336 g/mol. The molecule has 26 heavy (non-hydrogen) atoms. The summed E-state index contributed by atoms with van der Waals surface area (Å²) in [5.74, 6) is 0.451. The predicted octanol–water partition coefficient (Wildman–Crippen LogP) is 6.51. The second-order valence-electron chi connectivity index (χ2n) is 8.92. The van der Waals surface area contributed by atoms with Gasteiger partial charge < -0.3 is 9.16 Å². The Labute approximate surface area is 161 Å². The fourth-order valence-corrected chi connectivity index (χ4v) is 4.28. The van der Waals surface area contributed by atoms with Crippen LogP contribution in [0, 0.1) is 5.92 Å². The molecule has 0 saturated heterocycles. The Morgan fingerprint density at radius 3 is 2.54 bits per heavy atom. The molecule has 0 radical (unpaired) electrons. The van der Waals surface area contributed by atoms with Crippen molar-refractivity contribution in [2.24, 2.45) is 5.92 Å². The summed E-state index contributed by atoms with van der Waals surface area (Å²) >= 11 is 0. The lowest BCUT2D eigenvalue weighted by Gasteiger charge is -2.36. The van der Waals surface area contributed by atoms with Gasteiger partial charge in [-0.15, -0.1) is 0 Å². The molecule has 0 N–H and O–H groups in total. The van der Waals surface area contributed by atoms with Gasteiger partial charge in [0.25, 0.3) is 0 Å². The minimum Gasteiger partial charge on any atom is -0.417 e. The van der Waals surface area contributed by atoms with Crippen LogP contribution in [0.3, 0.4) is 0 Å². The molecule has 0 bridgehead atoms. The zero-order valence-corrected chi connectivity index (χ0v) is 18.3. The minimum absolute atomic E-state index is 0.269. The molecule has 0 fully saturated rings. The molecule has 144 valence electrons. The normalized spacial score (nSPS) is 23.3. The summed E-state index contributed by atoms with van der Waals surface area (Å²) in [4.78, 5) is 0. The highest BCUT2D eigenvalue weighted by Gasteiger charge is 2.39. The first kappa shape index (κ1) is 21.1. The zero-order chi connectivity index (χ0) is 19.3. The van der Waals surface area contributed by atoms with E-state index in [-0.39, 0.29) is 10.6 Å². The number of hydrogen-bond donors (Lipinski definition) is 0. The van der Waals surface area contributed by atoms with Gasteiger partial charge in [0.2, 0.25) is 0 Å². The standard InChI is InChI=1S/C23H36O2Si/c1-7-23(24-19-20-13-9-8-10-14-20)17-11-15-21(23)16-12-18-25-26(5,6)22(2,3)4/h7-11,13-14,17,21H,1,12,15-16,18-19H2,2-6H3/t21-,23+/m1/s1. The largest absolute Gasteiger partial charge is 0.417 e. The highest BCUT2D eigenvalue weighted by atomic mass is 28.4. The number of benzene rings is 1. The quantitative estimate of drug-likeness (QED) is 0.279. The summed E-state index contributed by atoms with van der Waals surface area (Å²) in [5.41, 5.74) is 0.862. The van der Waals surface area contributed by atoms with Gasteiger partial charge in [0.05, 0.1) is 6.61 Å². The van der Waals surface area contributed by atoms with Crippen LogP contribution < -0.4 is 0 Å².